The number of hydrogen-bond donors (Lipinski definition) is 2. The lowest BCUT2D eigenvalue weighted by Gasteiger charge is -2.08. The Bertz CT molecular complexity index is 544. The van der Waals surface area contributed by atoms with Crippen molar-refractivity contribution in [2.24, 2.45) is 5.73 Å². The molecule has 0 heterocycles. The minimum atomic E-state index is -3.05. The molecule has 0 saturated heterocycles. The number of thiocarbonyl (C=S) groups is 1. The molecule has 3 N–H and O–H groups in total. The van der Waals surface area contributed by atoms with Gasteiger partial charge in [-0.05, 0) is 18.2 Å². The highest BCUT2D eigenvalue weighted by Crippen LogP contribution is 2.15. The van der Waals surface area contributed by atoms with Gasteiger partial charge in [0.15, 0.2) is 9.84 Å². The van der Waals surface area contributed by atoms with E-state index in [1.807, 2.05) is 0 Å². The summed E-state index contributed by atoms with van der Waals surface area (Å²) in [7, 11) is -3.05. The van der Waals surface area contributed by atoms with Gasteiger partial charge >= 0.3 is 0 Å². The van der Waals surface area contributed by atoms with E-state index in [1.165, 1.54) is 12.1 Å². The van der Waals surface area contributed by atoms with Gasteiger partial charge < -0.3 is 11.1 Å². The Hall–Kier alpha value is -1.21. The SMILES string of the molecule is CCS(=O)(=O)CCNc1ccc(C(N)=S)cc1F. The number of rotatable bonds is 6. The molecule has 1 aromatic rings. The van der Waals surface area contributed by atoms with Gasteiger partial charge in [0.2, 0.25) is 0 Å². The van der Waals surface area contributed by atoms with Crippen LogP contribution in [0.5, 0.6) is 0 Å². The zero-order valence-electron chi connectivity index (χ0n) is 9.94. The highest BCUT2D eigenvalue weighted by atomic mass is 32.2. The van der Waals surface area contributed by atoms with Gasteiger partial charge in [-0.15, -0.1) is 0 Å². The summed E-state index contributed by atoms with van der Waals surface area (Å²) in [6, 6.07) is 4.30. The number of nitrogens with two attached hydrogens (primary N) is 1. The quantitative estimate of drug-likeness (QED) is 0.773. The Balaban J connectivity index is 2.67. The molecule has 1 rings (SSSR count). The van der Waals surface area contributed by atoms with Crippen LogP contribution in [0.3, 0.4) is 0 Å². The average molecular weight is 290 g/mol. The molecule has 0 unspecified atom stereocenters. The first-order chi connectivity index (χ1) is 8.35. The summed E-state index contributed by atoms with van der Waals surface area (Å²) in [5, 5.41) is 2.73. The van der Waals surface area contributed by atoms with Crippen molar-refractivity contribution >= 4 is 32.7 Å². The molecule has 0 spiro atoms. The van der Waals surface area contributed by atoms with Crippen molar-refractivity contribution in [1.29, 1.82) is 0 Å². The Labute approximate surface area is 111 Å². The summed E-state index contributed by atoms with van der Waals surface area (Å²) < 4.78 is 36.1. The van der Waals surface area contributed by atoms with E-state index in [-0.39, 0.29) is 28.7 Å². The van der Waals surface area contributed by atoms with Gasteiger partial charge in [-0.3, -0.25) is 0 Å². The van der Waals surface area contributed by atoms with Gasteiger partial charge in [0.05, 0.1) is 11.4 Å². The molecule has 7 heteroatoms. The van der Waals surface area contributed by atoms with Crippen LogP contribution < -0.4 is 11.1 Å². The number of benzene rings is 1. The summed E-state index contributed by atoms with van der Waals surface area (Å²) >= 11 is 4.73. The maximum atomic E-state index is 13.6. The fourth-order valence-electron chi connectivity index (χ4n) is 1.30. The van der Waals surface area contributed by atoms with Gasteiger partial charge in [-0.1, -0.05) is 19.1 Å². The molecule has 4 nitrogen and oxygen atoms in total. The van der Waals surface area contributed by atoms with Crippen LogP contribution in [0.15, 0.2) is 18.2 Å². The van der Waals surface area contributed by atoms with Crippen LogP contribution in [0, 0.1) is 5.82 Å². The van der Waals surface area contributed by atoms with Crippen molar-refractivity contribution in [2.45, 2.75) is 6.92 Å². The third kappa shape index (κ3) is 4.23. The summed E-state index contributed by atoms with van der Waals surface area (Å²) in [6.45, 7) is 1.74. The lowest BCUT2D eigenvalue weighted by atomic mass is 10.2. The summed E-state index contributed by atoms with van der Waals surface area (Å²) in [4.78, 5) is 0.119. The van der Waals surface area contributed by atoms with Gasteiger partial charge in [-0.25, -0.2) is 12.8 Å². The van der Waals surface area contributed by atoms with E-state index in [1.54, 1.807) is 13.0 Å². The lowest BCUT2D eigenvalue weighted by Crippen LogP contribution is -2.18. The molecule has 0 aromatic heterocycles. The largest absolute Gasteiger partial charge is 0.389 e. The maximum absolute atomic E-state index is 13.6. The normalized spacial score (nSPS) is 11.2. The van der Waals surface area contributed by atoms with E-state index in [4.69, 9.17) is 18.0 Å². The van der Waals surface area contributed by atoms with E-state index in [2.05, 4.69) is 5.32 Å². The van der Waals surface area contributed by atoms with Gasteiger partial charge in [-0.2, -0.15) is 0 Å². The van der Waals surface area contributed by atoms with Crippen molar-refractivity contribution in [1.82, 2.24) is 0 Å². The Kier molecular flexibility index (Phi) is 5.03. The van der Waals surface area contributed by atoms with Crippen LogP contribution in [0.4, 0.5) is 10.1 Å². The highest BCUT2D eigenvalue weighted by molar-refractivity contribution is 7.91. The smallest absolute Gasteiger partial charge is 0.151 e. The van der Waals surface area contributed by atoms with Crippen LogP contribution in [0.1, 0.15) is 12.5 Å². The Morgan fingerprint density at radius 3 is 2.67 bits per heavy atom. The summed E-state index contributed by atoms with van der Waals surface area (Å²) in [6.07, 6.45) is 0. The number of sulfone groups is 1. The minimum Gasteiger partial charge on any atom is -0.389 e. The first-order valence-corrected chi connectivity index (χ1v) is 7.62. The number of hydrogen-bond acceptors (Lipinski definition) is 4. The molecule has 0 amide bonds. The Morgan fingerprint density at radius 1 is 1.50 bits per heavy atom. The predicted molar refractivity (Wildman–Crippen MR) is 75.1 cm³/mol. The minimum absolute atomic E-state index is 0.0278. The van der Waals surface area contributed by atoms with E-state index >= 15 is 0 Å². The molecule has 0 aliphatic rings. The fourth-order valence-corrected chi connectivity index (χ4v) is 2.13. The molecular formula is C11H15FN2O2S2. The van der Waals surface area contributed by atoms with E-state index in [9.17, 15) is 12.8 Å². The maximum Gasteiger partial charge on any atom is 0.151 e. The fraction of sp³-hybridized carbons (Fsp3) is 0.364. The summed E-state index contributed by atoms with van der Waals surface area (Å²) in [5.74, 6) is -0.452. The highest BCUT2D eigenvalue weighted by Gasteiger charge is 2.08. The van der Waals surface area contributed by atoms with Crippen molar-refractivity contribution in [3.05, 3.63) is 29.6 Å². The molecule has 0 aliphatic heterocycles. The molecule has 0 bridgehead atoms. The predicted octanol–water partition coefficient (Wildman–Crippen LogP) is 1.31. The average Bonchev–Trinajstić information content (AvgIpc) is 2.31. The molecule has 100 valence electrons. The topological polar surface area (TPSA) is 72.2 Å². The van der Waals surface area contributed by atoms with Crippen molar-refractivity contribution in [2.75, 3.05) is 23.4 Å². The van der Waals surface area contributed by atoms with Gasteiger partial charge in [0.25, 0.3) is 0 Å². The molecule has 0 atom stereocenters. The van der Waals surface area contributed by atoms with Crippen LogP contribution in [-0.2, 0) is 9.84 Å². The number of halogens is 1. The van der Waals surface area contributed by atoms with Crippen LogP contribution in [-0.4, -0.2) is 31.5 Å². The van der Waals surface area contributed by atoms with E-state index in [0.29, 0.717) is 5.56 Å². The standard InChI is InChI=1S/C11H15FN2O2S2/c1-2-18(15,16)6-5-14-10-4-3-8(11(13)17)7-9(10)12/h3-4,7,14H,2,5-6H2,1H3,(H2,13,17). The number of nitrogens with one attached hydrogen (secondary N) is 1. The van der Waals surface area contributed by atoms with Crippen molar-refractivity contribution in [3.8, 4) is 0 Å². The summed E-state index contributed by atoms with van der Waals surface area (Å²) in [5.41, 5.74) is 6.05. The van der Waals surface area contributed by atoms with Gasteiger partial charge in [0, 0.05) is 17.9 Å². The van der Waals surface area contributed by atoms with E-state index in [0.717, 1.165) is 0 Å². The molecule has 0 radical (unpaired) electrons. The molecule has 1 aromatic carbocycles. The molecule has 18 heavy (non-hydrogen) atoms. The third-order valence-electron chi connectivity index (χ3n) is 2.42. The van der Waals surface area contributed by atoms with E-state index < -0.39 is 15.7 Å². The third-order valence-corrected chi connectivity index (χ3v) is 4.36. The van der Waals surface area contributed by atoms with Crippen molar-refractivity contribution < 1.29 is 12.8 Å². The van der Waals surface area contributed by atoms with Crippen LogP contribution in [0.2, 0.25) is 0 Å². The molecular weight excluding hydrogens is 275 g/mol. The second-order valence-corrected chi connectivity index (χ2v) is 6.63. The Morgan fingerprint density at radius 2 is 2.17 bits per heavy atom. The lowest BCUT2D eigenvalue weighted by molar-refractivity contribution is 0.597. The molecule has 0 saturated carbocycles. The monoisotopic (exact) mass is 290 g/mol. The van der Waals surface area contributed by atoms with Crippen molar-refractivity contribution in [3.63, 3.8) is 0 Å². The zero-order chi connectivity index (χ0) is 13.8. The number of anilines is 1. The second-order valence-electron chi connectivity index (χ2n) is 3.72. The van der Waals surface area contributed by atoms with Crippen LogP contribution in [0.25, 0.3) is 0 Å². The van der Waals surface area contributed by atoms with Crippen LogP contribution >= 0.6 is 12.2 Å². The first kappa shape index (κ1) is 14.8. The zero-order valence-corrected chi connectivity index (χ0v) is 11.6. The molecule has 0 fully saturated rings. The second kappa shape index (κ2) is 6.10. The van der Waals surface area contributed by atoms with Gasteiger partial charge in [0.1, 0.15) is 10.8 Å². The molecule has 0 aliphatic carbocycles. The first-order valence-electron chi connectivity index (χ1n) is 5.39.